The Bertz CT molecular complexity index is 538. The fraction of sp³-hybridized carbons (Fsp3) is 0.400. The Balaban J connectivity index is 2.24. The van der Waals surface area contributed by atoms with E-state index in [-0.39, 0.29) is 25.3 Å². The first kappa shape index (κ1) is 13.3. The summed E-state index contributed by atoms with van der Waals surface area (Å²) >= 11 is 0. The molecule has 4 nitrogen and oxygen atoms in total. The maximum atomic E-state index is 13.0. The van der Waals surface area contributed by atoms with Crippen molar-refractivity contribution >= 4 is 10.0 Å². The van der Waals surface area contributed by atoms with Gasteiger partial charge in [-0.1, -0.05) is 0 Å². The van der Waals surface area contributed by atoms with Crippen molar-refractivity contribution in [3.05, 3.63) is 35.1 Å². The Kier molecular flexibility index (Phi) is 3.60. The Morgan fingerprint density at radius 2 is 1.83 bits per heavy atom. The predicted molar refractivity (Wildman–Crippen MR) is 56.5 cm³/mol. The molecule has 0 atom stereocenters. The average molecular weight is 281 g/mol. The highest BCUT2D eigenvalue weighted by atomic mass is 32.2. The maximum Gasteiger partial charge on any atom is 0.238 e. The zero-order chi connectivity index (χ0) is 13.3. The summed E-state index contributed by atoms with van der Waals surface area (Å²) in [5.41, 5.74) is 0.0527. The molecule has 1 aliphatic heterocycles. The molecule has 1 aromatic rings. The Hall–Kier alpha value is -1.12. The van der Waals surface area contributed by atoms with Crippen LogP contribution in [-0.4, -0.2) is 31.8 Å². The first-order chi connectivity index (χ1) is 8.40. The fourth-order valence-corrected chi connectivity index (χ4v) is 2.80. The molecule has 1 aromatic carbocycles. The molecule has 1 aliphatic rings. The predicted octanol–water partition coefficient (Wildman–Crippen LogP) is 1.22. The zero-order valence-electron chi connectivity index (χ0n) is 9.20. The Morgan fingerprint density at radius 3 is 2.39 bits per heavy atom. The van der Waals surface area contributed by atoms with Crippen LogP contribution in [0.2, 0.25) is 0 Å². The third-order valence-corrected chi connectivity index (χ3v) is 4.08. The van der Waals surface area contributed by atoms with Gasteiger partial charge in [0.25, 0.3) is 0 Å². The molecule has 0 aliphatic carbocycles. The van der Waals surface area contributed by atoms with Gasteiger partial charge in [-0.15, -0.1) is 0 Å². The number of rotatable bonds is 2. The molecular formula is C10H10F3NO3S. The molecule has 1 saturated heterocycles. The van der Waals surface area contributed by atoms with Gasteiger partial charge in [-0.05, 0) is 17.7 Å². The van der Waals surface area contributed by atoms with Crippen LogP contribution in [0.15, 0.2) is 12.1 Å². The van der Waals surface area contributed by atoms with Crippen molar-refractivity contribution in [2.24, 2.45) is 0 Å². The van der Waals surface area contributed by atoms with E-state index >= 15 is 0 Å². The van der Waals surface area contributed by atoms with Gasteiger partial charge in [-0.25, -0.2) is 21.6 Å². The van der Waals surface area contributed by atoms with Crippen molar-refractivity contribution in [2.75, 3.05) is 19.1 Å². The Labute approximate surface area is 102 Å². The number of sulfonamides is 1. The van der Waals surface area contributed by atoms with Gasteiger partial charge in [0.15, 0.2) is 23.4 Å². The van der Waals surface area contributed by atoms with Crippen LogP contribution in [-0.2, 0) is 21.3 Å². The summed E-state index contributed by atoms with van der Waals surface area (Å²) in [6, 6.07) is 1.56. The summed E-state index contributed by atoms with van der Waals surface area (Å²) in [7, 11) is -3.59. The minimum Gasteiger partial charge on any atom is -0.363 e. The van der Waals surface area contributed by atoms with Gasteiger partial charge < -0.3 is 4.74 Å². The molecule has 0 N–H and O–H groups in total. The van der Waals surface area contributed by atoms with Gasteiger partial charge in [0.2, 0.25) is 10.0 Å². The topological polar surface area (TPSA) is 46.6 Å². The van der Waals surface area contributed by atoms with Crippen molar-refractivity contribution < 1.29 is 26.3 Å². The molecule has 1 fully saturated rings. The molecule has 0 unspecified atom stereocenters. The van der Waals surface area contributed by atoms with Gasteiger partial charge >= 0.3 is 0 Å². The molecule has 0 radical (unpaired) electrons. The summed E-state index contributed by atoms with van der Waals surface area (Å²) in [5, 5.41) is 0. The molecule has 100 valence electrons. The smallest absolute Gasteiger partial charge is 0.238 e. The van der Waals surface area contributed by atoms with Gasteiger partial charge in [0.05, 0.1) is 6.61 Å². The SMILES string of the molecule is O=S1(=O)COCCN1Cc1cc(F)c(F)c(F)c1. The summed E-state index contributed by atoms with van der Waals surface area (Å²) < 4.78 is 67.6. The van der Waals surface area contributed by atoms with Crippen molar-refractivity contribution in [3.8, 4) is 0 Å². The van der Waals surface area contributed by atoms with E-state index in [4.69, 9.17) is 4.74 Å². The van der Waals surface area contributed by atoms with Crippen LogP contribution < -0.4 is 0 Å². The van der Waals surface area contributed by atoms with E-state index in [2.05, 4.69) is 0 Å². The molecule has 0 amide bonds. The molecular weight excluding hydrogens is 271 g/mol. The summed E-state index contributed by atoms with van der Waals surface area (Å²) in [4.78, 5) is 0. The molecule has 1 heterocycles. The molecule has 0 spiro atoms. The van der Waals surface area contributed by atoms with E-state index in [1.165, 1.54) is 0 Å². The fourth-order valence-electron chi connectivity index (χ4n) is 1.62. The summed E-state index contributed by atoms with van der Waals surface area (Å²) in [6.07, 6.45) is 0. The van der Waals surface area contributed by atoms with E-state index in [0.717, 1.165) is 16.4 Å². The highest BCUT2D eigenvalue weighted by Crippen LogP contribution is 2.18. The molecule has 0 bridgehead atoms. The van der Waals surface area contributed by atoms with Crippen LogP contribution >= 0.6 is 0 Å². The third-order valence-electron chi connectivity index (χ3n) is 2.51. The van der Waals surface area contributed by atoms with Crippen LogP contribution in [0, 0.1) is 17.5 Å². The van der Waals surface area contributed by atoms with E-state index in [1.54, 1.807) is 0 Å². The normalized spacial score (nSPS) is 19.9. The standard InChI is InChI=1S/C10H10F3NO3S/c11-8-3-7(4-9(12)10(8)13)5-14-1-2-17-6-18(14,15)16/h3-4H,1-2,5-6H2. The first-order valence-corrected chi connectivity index (χ1v) is 6.70. The van der Waals surface area contributed by atoms with Crippen LogP contribution in [0.25, 0.3) is 0 Å². The van der Waals surface area contributed by atoms with Gasteiger partial charge in [0, 0.05) is 13.1 Å². The highest BCUT2D eigenvalue weighted by molar-refractivity contribution is 7.88. The zero-order valence-corrected chi connectivity index (χ0v) is 10.0. The molecule has 0 aromatic heterocycles. The second kappa shape index (κ2) is 4.87. The average Bonchev–Trinajstić information content (AvgIpc) is 2.28. The largest absolute Gasteiger partial charge is 0.363 e. The maximum absolute atomic E-state index is 13.0. The van der Waals surface area contributed by atoms with Crippen molar-refractivity contribution in [2.45, 2.75) is 6.54 Å². The number of hydrogen-bond donors (Lipinski definition) is 0. The summed E-state index contributed by atoms with van der Waals surface area (Å²) in [6.45, 7) is 0.105. The second-order valence-corrected chi connectivity index (χ2v) is 5.76. The lowest BCUT2D eigenvalue weighted by Gasteiger charge is -2.26. The van der Waals surface area contributed by atoms with E-state index in [9.17, 15) is 21.6 Å². The van der Waals surface area contributed by atoms with Crippen LogP contribution in [0.1, 0.15) is 5.56 Å². The van der Waals surface area contributed by atoms with Gasteiger partial charge in [-0.2, -0.15) is 4.31 Å². The minimum atomic E-state index is -3.59. The summed E-state index contributed by atoms with van der Waals surface area (Å²) in [5.74, 6) is -4.70. The monoisotopic (exact) mass is 281 g/mol. The van der Waals surface area contributed by atoms with Gasteiger partial charge in [0.1, 0.15) is 0 Å². The van der Waals surface area contributed by atoms with Crippen molar-refractivity contribution in [3.63, 3.8) is 0 Å². The van der Waals surface area contributed by atoms with Crippen LogP contribution in [0.4, 0.5) is 13.2 Å². The minimum absolute atomic E-state index is 0.0527. The lowest BCUT2D eigenvalue weighted by Crippen LogP contribution is -2.40. The Morgan fingerprint density at radius 1 is 1.22 bits per heavy atom. The molecule has 0 saturated carbocycles. The number of hydrogen-bond acceptors (Lipinski definition) is 3. The van der Waals surface area contributed by atoms with E-state index in [1.807, 2.05) is 0 Å². The number of ether oxygens (including phenoxy) is 1. The van der Waals surface area contributed by atoms with E-state index < -0.39 is 33.4 Å². The second-order valence-electron chi connectivity index (χ2n) is 3.84. The molecule has 8 heteroatoms. The van der Waals surface area contributed by atoms with Crippen LogP contribution in [0.5, 0.6) is 0 Å². The third kappa shape index (κ3) is 2.65. The lowest BCUT2D eigenvalue weighted by molar-refractivity contribution is 0.130. The number of benzene rings is 1. The quantitative estimate of drug-likeness (QED) is 0.766. The molecule has 18 heavy (non-hydrogen) atoms. The number of halogens is 3. The van der Waals surface area contributed by atoms with Gasteiger partial charge in [-0.3, -0.25) is 0 Å². The molecule has 2 rings (SSSR count). The van der Waals surface area contributed by atoms with E-state index in [0.29, 0.717) is 0 Å². The van der Waals surface area contributed by atoms with Crippen molar-refractivity contribution in [1.29, 1.82) is 0 Å². The van der Waals surface area contributed by atoms with Crippen LogP contribution in [0.3, 0.4) is 0 Å². The number of nitrogens with zero attached hydrogens (tertiary/aromatic N) is 1. The highest BCUT2D eigenvalue weighted by Gasteiger charge is 2.27. The first-order valence-electron chi connectivity index (χ1n) is 5.09. The van der Waals surface area contributed by atoms with Crippen molar-refractivity contribution in [1.82, 2.24) is 4.31 Å². The lowest BCUT2D eigenvalue weighted by atomic mass is 10.2.